The number of aliphatic hydroxyl groups is 7. The van der Waals surface area contributed by atoms with Crippen LogP contribution in [0, 0.1) is 40.4 Å². The Morgan fingerprint density at radius 3 is 2.49 bits per heavy atom. The minimum atomic E-state index is -1.54. The van der Waals surface area contributed by atoms with Gasteiger partial charge < -0.3 is 50.0 Å². The van der Waals surface area contributed by atoms with Crippen molar-refractivity contribution < 1.29 is 54.8 Å². The molecule has 15 atom stereocenters. The first-order valence-electron chi connectivity index (χ1n) is 16.9. The Balaban J connectivity index is 1.15. The minimum absolute atomic E-state index is 0.0112. The number of fused-ring (bicyclic) bond motifs is 5. The van der Waals surface area contributed by atoms with E-state index in [-0.39, 0.29) is 36.6 Å². The number of allylic oxidation sites excluding steroid dienone is 1. The molecule has 0 bridgehead atoms. The van der Waals surface area contributed by atoms with E-state index >= 15 is 0 Å². The number of aliphatic hydroxyl groups excluding tert-OH is 7. The monoisotopic (exact) mass is 636 g/mol. The molecule has 0 aromatic carbocycles. The average molecular weight is 637 g/mol. The normalized spacial score (nSPS) is 49.0. The Kier molecular flexibility index (Phi) is 9.35. The summed E-state index contributed by atoms with van der Waals surface area (Å²) in [7, 11) is 0. The Morgan fingerprint density at radius 2 is 1.78 bits per heavy atom. The van der Waals surface area contributed by atoms with E-state index in [1.807, 2.05) is 0 Å². The van der Waals surface area contributed by atoms with Crippen LogP contribution in [-0.4, -0.2) is 111 Å². The van der Waals surface area contributed by atoms with Crippen molar-refractivity contribution in [2.24, 2.45) is 40.4 Å². The lowest BCUT2D eigenvalue weighted by Gasteiger charge is -2.60. The van der Waals surface area contributed by atoms with Crippen LogP contribution < -0.4 is 0 Å². The third-order valence-corrected chi connectivity index (χ3v) is 13.2. The lowest BCUT2D eigenvalue weighted by atomic mass is 9.46. The van der Waals surface area contributed by atoms with Gasteiger partial charge in [-0.2, -0.15) is 0 Å². The van der Waals surface area contributed by atoms with Crippen LogP contribution in [0.15, 0.2) is 22.8 Å². The standard InChI is InChI=1S/C34H52O11/c1-16-18(14-43-32-30(41)29(40)28(39)26(13-35)45-32)10-25(44-31(16)42)17(2)22-6-7-23-21-5-4-19-11-20(37)12-27(38)34(19,15-36)24(21)8-9-33(22,23)3/h4,17,20-30,32,35-41H,5-15H2,1-3H3/t17-,20+,21-,22+,23-,24-,25+,26?,27-,28?,29?,30?,32?,33+,34-/m0/s1. The van der Waals surface area contributed by atoms with Crippen LogP contribution in [0.1, 0.15) is 72.1 Å². The molecule has 1 saturated heterocycles. The Labute approximate surface area is 264 Å². The van der Waals surface area contributed by atoms with Gasteiger partial charge in [-0.1, -0.05) is 25.5 Å². The minimum Gasteiger partial charge on any atom is -0.458 e. The van der Waals surface area contributed by atoms with E-state index in [0.717, 1.165) is 43.3 Å². The molecule has 254 valence electrons. The van der Waals surface area contributed by atoms with Gasteiger partial charge in [0.05, 0.1) is 32.0 Å². The third kappa shape index (κ3) is 5.34. The first-order valence-corrected chi connectivity index (χ1v) is 16.9. The van der Waals surface area contributed by atoms with Crippen LogP contribution in [0.5, 0.6) is 0 Å². The van der Waals surface area contributed by atoms with Crippen LogP contribution in [0.25, 0.3) is 0 Å². The predicted octanol–water partition coefficient (Wildman–Crippen LogP) is 0.954. The lowest BCUT2D eigenvalue weighted by Crippen LogP contribution is -2.59. The fourth-order valence-corrected chi connectivity index (χ4v) is 10.6. The largest absolute Gasteiger partial charge is 0.458 e. The van der Waals surface area contributed by atoms with Gasteiger partial charge in [-0.3, -0.25) is 0 Å². The molecule has 11 nitrogen and oxygen atoms in total. The SMILES string of the molecule is CC1=C(COC2OC(CO)C(O)C(O)C2O)C[C@H]([C@@H](C)[C@H]2CC[C@H]3[C@@H]4CC=C5C[C@@H](O)C[C@H](O)[C@]5(CO)[C@H]4CC[C@]23C)OC1=O. The number of ether oxygens (including phenoxy) is 3. The molecule has 0 spiro atoms. The zero-order valence-corrected chi connectivity index (χ0v) is 26.6. The molecule has 11 heteroatoms. The summed E-state index contributed by atoms with van der Waals surface area (Å²) in [5.74, 6) is 0.877. The molecule has 7 N–H and O–H groups in total. The molecule has 3 saturated carbocycles. The Bertz CT molecular complexity index is 1180. The number of carbonyl (C=O) groups excluding carboxylic acids is 1. The summed E-state index contributed by atoms with van der Waals surface area (Å²) in [4.78, 5) is 13.1. The average Bonchev–Trinajstić information content (AvgIpc) is 3.37. The van der Waals surface area contributed by atoms with Crippen LogP contribution >= 0.6 is 0 Å². The van der Waals surface area contributed by atoms with E-state index < -0.39 is 60.9 Å². The number of hydrogen-bond acceptors (Lipinski definition) is 11. The maximum absolute atomic E-state index is 13.1. The van der Waals surface area contributed by atoms with Crippen LogP contribution in [0.2, 0.25) is 0 Å². The number of rotatable bonds is 7. The van der Waals surface area contributed by atoms with E-state index in [4.69, 9.17) is 14.2 Å². The first-order chi connectivity index (χ1) is 21.4. The molecular weight excluding hydrogens is 584 g/mol. The summed E-state index contributed by atoms with van der Waals surface area (Å²) in [5, 5.41) is 72.5. The maximum atomic E-state index is 13.1. The summed E-state index contributed by atoms with van der Waals surface area (Å²) >= 11 is 0. The molecule has 4 fully saturated rings. The molecule has 4 aliphatic carbocycles. The van der Waals surface area contributed by atoms with Crippen LogP contribution in [0.4, 0.5) is 0 Å². The predicted molar refractivity (Wildman–Crippen MR) is 160 cm³/mol. The Morgan fingerprint density at radius 1 is 1.02 bits per heavy atom. The van der Waals surface area contributed by atoms with Crippen LogP contribution in [-0.2, 0) is 19.0 Å². The van der Waals surface area contributed by atoms with Gasteiger partial charge in [0, 0.05) is 23.8 Å². The molecule has 2 aliphatic heterocycles. The number of cyclic esters (lactones) is 1. The van der Waals surface area contributed by atoms with Crippen molar-refractivity contribution in [1.29, 1.82) is 0 Å². The second kappa shape index (κ2) is 12.6. The van der Waals surface area contributed by atoms with E-state index in [9.17, 15) is 40.5 Å². The first kappa shape index (κ1) is 33.5. The molecule has 0 aromatic heterocycles. The summed E-state index contributed by atoms with van der Waals surface area (Å²) in [5.41, 5.74) is 1.53. The Hall–Kier alpha value is -1.41. The second-order valence-electron chi connectivity index (χ2n) is 15.1. The molecule has 6 aliphatic rings. The van der Waals surface area contributed by atoms with E-state index in [1.165, 1.54) is 0 Å². The summed E-state index contributed by atoms with van der Waals surface area (Å²) < 4.78 is 17.3. The van der Waals surface area contributed by atoms with Gasteiger partial charge in [0.25, 0.3) is 0 Å². The fraction of sp³-hybridized carbons (Fsp3) is 0.853. The van der Waals surface area contributed by atoms with E-state index in [2.05, 4.69) is 19.9 Å². The van der Waals surface area contributed by atoms with Crippen molar-refractivity contribution in [2.75, 3.05) is 19.8 Å². The molecule has 0 aromatic rings. The zero-order valence-electron chi connectivity index (χ0n) is 26.6. The second-order valence-corrected chi connectivity index (χ2v) is 15.1. The van der Waals surface area contributed by atoms with Gasteiger partial charge in [0.15, 0.2) is 6.29 Å². The van der Waals surface area contributed by atoms with E-state index in [1.54, 1.807) is 6.92 Å². The smallest absolute Gasteiger partial charge is 0.334 e. The van der Waals surface area contributed by atoms with Gasteiger partial charge in [-0.05, 0) is 86.0 Å². The third-order valence-electron chi connectivity index (χ3n) is 13.2. The van der Waals surface area contributed by atoms with Crippen molar-refractivity contribution >= 4 is 5.97 Å². The molecule has 0 radical (unpaired) electrons. The van der Waals surface area contributed by atoms with Gasteiger partial charge in [-0.15, -0.1) is 0 Å². The summed E-state index contributed by atoms with van der Waals surface area (Å²) in [6.07, 6.45) is -0.325. The molecule has 2 heterocycles. The zero-order chi connectivity index (χ0) is 32.4. The molecular formula is C34H52O11. The van der Waals surface area contributed by atoms with Crippen molar-refractivity contribution in [3.05, 3.63) is 22.8 Å². The van der Waals surface area contributed by atoms with Gasteiger partial charge in [0.1, 0.15) is 30.5 Å². The van der Waals surface area contributed by atoms with Crippen LogP contribution in [0.3, 0.4) is 0 Å². The van der Waals surface area contributed by atoms with Crippen molar-refractivity contribution in [3.63, 3.8) is 0 Å². The van der Waals surface area contributed by atoms with Crippen molar-refractivity contribution in [3.8, 4) is 0 Å². The van der Waals surface area contributed by atoms with Crippen molar-refractivity contribution in [2.45, 2.75) is 121 Å². The maximum Gasteiger partial charge on any atom is 0.334 e. The summed E-state index contributed by atoms with van der Waals surface area (Å²) in [6, 6.07) is 0. The topological polar surface area (TPSA) is 186 Å². The fourth-order valence-electron chi connectivity index (χ4n) is 10.6. The molecule has 0 amide bonds. The van der Waals surface area contributed by atoms with Gasteiger partial charge in [0.2, 0.25) is 0 Å². The van der Waals surface area contributed by atoms with Gasteiger partial charge in [-0.25, -0.2) is 4.79 Å². The number of hydrogen-bond donors (Lipinski definition) is 7. The highest BCUT2D eigenvalue weighted by molar-refractivity contribution is 5.89. The highest BCUT2D eigenvalue weighted by Gasteiger charge is 2.63. The molecule has 45 heavy (non-hydrogen) atoms. The quantitative estimate of drug-likeness (QED) is 0.156. The lowest BCUT2D eigenvalue weighted by molar-refractivity contribution is -0.299. The summed E-state index contributed by atoms with van der Waals surface area (Å²) in [6.45, 7) is 5.54. The molecule has 6 rings (SSSR count). The molecule has 5 unspecified atom stereocenters. The van der Waals surface area contributed by atoms with E-state index in [0.29, 0.717) is 42.6 Å². The van der Waals surface area contributed by atoms with Gasteiger partial charge >= 0.3 is 5.97 Å². The highest BCUT2D eigenvalue weighted by atomic mass is 16.7. The number of carbonyl (C=O) groups is 1. The highest BCUT2D eigenvalue weighted by Crippen LogP contribution is 2.67. The van der Waals surface area contributed by atoms with Crippen molar-refractivity contribution in [1.82, 2.24) is 0 Å². The number of esters is 1.